The Bertz CT molecular complexity index is 468. The Balaban J connectivity index is 1.80. The van der Waals surface area contributed by atoms with E-state index in [0.29, 0.717) is 0 Å². The van der Waals surface area contributed by atoms with Crippen molar-refractivity contribution in [2.45, 2.75) is 37.6 Å². The third-order valence-corrected chi connectivity index (χ3v) is 4.92. The molecule has 2 fully saturated rings. The Labute approximate surface area is 126 Å². The van der Waals surface area contributed by atoms with Gasteiger partial charge in [-0.2, -0.15) is 4.98 Å². The highest BCUT2D eigenvalue weighted by Crippen LogP contribution is 2.31. The summed E-state index contributed by atoms with van der Waals surface area (Å²) in [6.45, 7) is 7.41. The van der Waals surface area contributed by atoms with E-state index in [9.17, 15) is 0 Å². The Hall–Kier alpha value is -0.980. The molecule has 118 valence electrons. The first-order valence-corrected chi connectivity index (χ1v) is 8.02. The molecule has 0 amide bonds. The van der Waals surface area contributed by atoms with Crippen molar-refractivity contribution >= 4 is 0 Å². The summed E-state index contributed by atoms with van der Waals surface area (Å²) in [5.41, 5.74) is -0.0152. The summed E-state index contributed by atoms with van der Waals surface area (Å²) < 4.78 is 5.64. The molecule has 0 spiro atoms. The topological polar surface area (TPSA) is 57.4 Å². The fourth-order valence-electron chi connectivity index (χ4n) is 3.40. The number of hydrogen-bond donors (Lipinski definition) is 1. The molecule has 2 aliphatic rings. The molecule has 6 nitrogen and oxygen atoms in total. The summed E-state index contributed by atoms with van der Waals surface area (Å²) >= 11 is 0. The van der Waals surface area contributed by atoms with Crippen molar-refractivity contribution in [1.82, 2.24) is 25.3 Å². The van der Waals surface area contributed by atoms with Gasteiger partial charge in [-0.1, -0.05) is 5.16 Å². The lowest BCUT2D eigenvalue weighted by molar-refractivity contribution is 0.212. The molecule has 0 radical (unpaired) electrons. The molecule has 1 aromatic rings. The van der Waals surface area contributed by atoms with Gasteiger partial charge in [0.1, 0.15) is 0 Å². The fraction of sp³-hybridized carbons (Fsp3) is 0.867. The zero-order valence-corrected chi connectivity index (χ0v) is 13.4. The van der Waals surface area contributed by atoms with Crippen LogP contribution < -0.4 is 5.32 Å². The van der Waals surface area contributed by atoms with Crippen LogP contribution in [-0.2, 0) is 5.41 Å². The van der Waals surface area contributed by atoms with Gasteiger partial charge >= 0.3 is 0 Å². The van der Waals surface area contributed by atoms with E-state index < -0.39 is 0 Å². The largest absolute Gasteiger partial charge is 0.339 e. The lowest BCUT2D eigenvalue weighted by atomic mass is 9.83. The highest BCUT2D eigenvalue weighted by Gasteiger charge is 2.36. The predicted molar refractivity (Wildman–Crippen MR) is 81.2 cm³/mol. The average molecular weight is 293 g/mol. The molecule has 3 rings (SSSR count). The molecule has 1 N–H and O–H groups in total. The van der Waals surface area contributed by atoms with Crippen LogP contribution in [0.15, 0.2) is 4.52 Å². The van der Waals surface area contributed by atoms with E-state index in [4.69, 9.17) is 9.51 Å². The molecule has 2 aliphatic heterocycles. The van der Waals surface area contributed by atoms with Gasteiger partial charge in [0.2, 0.25) is 5.89 Å². The molecular formula is C15H27N5O. The maximum Gasteiger partial charge on any atom is 0.233 e. The quantitative estimate of drug-likeness (QED) is 0.878. The second-order valence-corrected chi connectivity index (χ2v) is 6.91. The number of aromatic nitrogens is 2. The Morgan fingerprint density at radius 2 is 2.14 bits per heavy atom. The van der Waals surface area contributed by atoms with Gasteiger partial charge in [-0.25, -0.2) is 0 Å². The number of rotatable bonds is 2. The SMILES string of the molecule is CN1CCCN(C)C(c2noc(C3(C)CCCNC3)n2)C1. The molecule has 2 unspecified atom stereocenters. The van der Waals surface area contributed by atoms with E-state index in [1.54, 1.807) is 0 Å². The van der Waals surface area contributed by atoms with E-state index in [-0.39, 0.29) is 11.5 Å². The molecule has 2 saturated heterocycles. The van der Waals surface area contributed by atoms with Crippen LogP contribution in [0.3, 0.4) is 0 Å². The van der Waals surface area contributed by atoms with Crippen molar-refractivity contribution in [1.29, 1.82) is 0 Å². The molecule has 3 heterocycles. The number of piperidine rings is 1. The lowest BCUT2D eigenvalue weighted by Gasteiger charge is -2.30. The van der Waals surface area contributed by atoms with Crippen LogP contribution in [0.1, 0.15) is 43.9 Å². The second kappa shape index (κ2) is 6.02. The van der Waals surface area contributed by atoms with E-state index in [0.717, 1.165) is 50.9 Å². The standard InChI is InChI=1S/C15H27N5O/c1-15(6-4-7-16-11-15)14-17-13(18-21-14)12-10-19(2)8-5-9-20(12)3/h12,16H,4-11H2,1-3H3. The third kappa shape index (κ3) is 3.12. The van der Waals surface area contributed by atoms with Gasteiger partial charge < -0.3 is 14.7 Å². The minimum absolute atomic E-state index is 0.0152. The first-order valence-electron chi connectivity index (χ1n) is 8.02. The zero-order valence-electron chi connectivity index (χ0n) is 13.4. The maximum atomic E-state index is 5.64. The van der Waals surface area contributed by atoms with Gasteiger partial charge in [-0.15, -0.1) is 0 Å². The van der Waals surface area contributed by atoms with Gasteiger partial charge in [-0.05, 0) is 59.9 Å². The number of nitrogens with one attached hydrogen (secondary N) is 1. The lowest BCUT2D eigenvalue weighted by Crippen LogP contribution is -2.41. The van der Waals surface area contributed by atoms with Crippen LogP contribution in [0, 0.1) is 0 Å². The van der Waals surface area contributed by atoms with Crippen LogP contribution >= 0.6 is 0 Å². The summed E-state index contributed by atoms with van der Waals surface area (Å²) in [5, 5.41) is 7.75. The minimum Gasteiger partial charge on any atom is -0.339 e. The molecule has 0 aromatic carbocycles. The van der Waals surface area contributed by atoms with Crippen molar-refractivity contribution in [3.8, 4) is 0 Å². The molecular weight excluding hydrogens is 266 g/mol. The Kier molecular flexibility index (Phi) is 4.28. The van der Waals surface area contributed by atoms with Crippen molar-refractivity contribution in [2.24, 2.45) is 0 Å². The van der Waals surface area contributed by atoms with Gasteiger partial charge in [0.25, 0.3) is 0 Å². The predicted octanol–water partition coefficient (Wildman–Crippen LogP) is 1.02. The van der Waals surface area contributed by atoms with Crippen molar-refractivity contribution in [3.05, 3.63) is 11.7 Å². The van der Waals surface area contributed by atoms with E-state index in [2.05, 4.69) is 41.3 Å². The summed E-state index contributed by atoms with van der Waals surface area (Å²) in [6.07, 6.45) is 3.47. The summed E-state index contributed by atoms with van der Waals surface area (Å²) in [6, 6.07) is 0.232. The van der Waals surface area contributed by atoms with Crippen LogP contribution in [0.5, 0.6) is 0 Å². The fourth-order valence-corrected chi connectivity index (χ4v) is 3.40. The van der Waals surface area contributed by atoms with Crippen molar-refractivity contribution < 1.29 is 4.52 Å². The molecule has 0 aliphatic carbocycles. The van der Waals surface area contributed by atoms with E-state index in [1.165, 1.54) is 12.8 Å². The normalized spacial score (nSPS) is 33.0. The number of nitrogens with zero attached hydrogens (tertiary/aromatic N) is 4. The van der Waals surface area contributed by atoms with Gasteiger partial charge in [0.15, 0.2) is 5.82 Å². The van der Waals surface area contributed by atoms with Crippen LogP contribution in [0.2, 0.25) is 0 Å². The smallest absolute Gasteiger partial charge is 0.233 e. The van der Waals surface area contributed by atoms with Gasteiger partial charge in [-0.3, -0.25) is 4.90 Å². The molecule has 0 bridgehead atoms. The zero-order chi connectivity index (χ0) is 14.9. The molecule has 0 saturated carbocycles. The highest BCUT2D eigenvalue weighted by atomic mass is 16.5. The minimum atomic E-state index is -0.0152. The summed E-state index contributed by atoms with van der Waals surface area (Å²) in [4.78, 5) is 9.47. The molecule has 21 heavy (non-hydrogen) atoms. The molecule has 6 heteroatoms. The van der Waals surface area contributed by atoms with Gasteiger partial charge in [0.05, 0.1) is 11.5 Å². The van der Waals surface area contributed by atoms with Crippen molar-refractivity contribution in [2.75, 3.05) is 46.8 Å². The van der Waals surface area contributed by atoms with E-state index >= 15 is 0 Å². The Morgan fingerprint density at radius 3 is 2.90 bits per heavy atom. The van der Waals surface area contributed by atoms with Crippen LogP contribution in [0.4, 0.5) is 0 Å². The van der Waals surface area contributed by atoms with Crippen molar-refractivity contribution in [3.63, 3.8) is 0 Å². The summed E-state index contributed by atoms with van der Waals surface area (Å²) in [5.74, 6) is 1.64. The van der Waals surface area contributed by atoms with Crippen LogP contribution in [-0.4, -0.2) is 66.8 Å². The first-order chi connectivity index (χ1) is 10.1. The van der Waals surface area contributed by atoms with Crippen LogP contribution in [0.25, 0.3) is 0 Å². The molecule has 1 aromatic heterocycles. The highest BCUT2D eigenvalue weighted by molar-refractivity contribution is 5.08. The second-order valence-electron chi connectivity index (χ2n) is 6.91. The Morgan fingerprint density at radius 1 is 1.29 bits per heavy atom. The number of likely N-dealkylation sites (N-methyl/N-ethyl adjacent to an activating group) is 2. The van der Waals surface area contributed by atoms with E-state index in [1.807, 2.05) is 0 Å². The maximum absolute atomic E-state index is 5.64. The third-order valence-electron chi connectivity index (χ3n) is 4.92. The number of hydrogen-bond acceptors (Lipinski definition) is 6. The summed E-state index contributed by atoms with van der Waals surface area (Å²) in [7, 11) is 4.32. The monoisotopic (exact) mass is 293 g/mol. The average Bonchev–Trinajstić information content (AvgIpc) is 2.89. The van der Waals surface area contributed by atoms with Gasteiger partial charge in [0, 0.05) is 13.1 Å². The molecule has 2 atom stereocenters. The first kappa shape index (κ1) is 14.9.